The van der Waals surface area contributed by atoms with Gasteiger partial charge in [0.05, 0.1) is 6.42 Å². The standard InChI is InChI=1S/C13H19N2O/c1-3-15(2)10-9-14-13(16)11-12-7-5-4-6-8-12/h4-8,11H,3,9-10H2,1-2H3,(H,14,16). The highest BCUT2D eigenvalue weighted by atomic mass is 16.1. The van der Waals surface area contributed by atoms with Gasteiger partial charge in [-0.2, -0.15) is 0 Å². The quantitative estimate of drug-likeness (QED) is 0.782. The minimum absolute atomic E-state index is 0.0318. The molecule has 1 amide bonds. The molecule has 0 spiro atoms. The maximum Gasteiger partial charge on any atom is 0.228 e. The Bertz CT molecular complexity index is 311. The summed E-state index contributed by atoms with van der Waals surface area (Å²) in [7, 11) is 2.03. The van der Waals surface area contributed by atoms with E-state index in [1.165, 1.54) is 0 Å². The SMILES string of the molecule is CCN(C)CCNC(=O)[CH]c1ccccc1. The summed E-state index contributed by atoms with van der Waals surface area (Å²) in [5, 5.41) is 2.86. The molecule has 0 saturated heterocycles. The summed E-state index contributed by atoms with van der Waals surface area (Å²) in [6, 6.07) is 9.61. The van der Waals surface area contributed by atoms with E-state index >= 15 is 0 Å². The zero-order valence-corrected chi connectivity index (χ0v) is 9.94. The van der Waals surface area contributed by atoms with Crippen molar-refractivity contribution >= 4 is 5.91 Å². The average Bonchev–Trinajstić information content (AvgIpc) is 2.30. The van der Waals surface area contributed by atoms with Crippen molar-refractivity contribution in [3.05, 3.63) is 42.3 Å². The minimum atomic E-state index is -0.0318. The van der Waals surface area contributed by atoms with E-state index in [0.29, 0.717) is 6.54 Å². The largest absolute Gasteiger partial charge is 0.354 e. The molecule has 0 aliphatic carbocycles. The van der Waals surface area contributed by atoms with Crippen molar-refractivity contribution in [3.8, 4) is 0 Å². The van der Waals surface area contributed by atoms with E-state index in [4.69, 9.17) is 0 Å². The van der Waals surface area contributed by atoms with Crippen LogP contribution in [0.15, 0.2) is 30.3 Å². The predicted octanol–water partition coefficient (Wildman–Crippen LogP) is 1.31. The third-order valence-electron chi connectivity index (χ3n) is 2.43. The fourth-order valence-corrected chi connectivity index (χ4v) is 1.28. The molecule has 0 aliphatic heterocycles. The molecule has 1 aromatic rings. The molecule has 3 heteroatoms. The molecule has 1 aromatic carbocycles. The summed E-state index contributed by atoms with van der Waals surface area (Å²) in [4.78, 5) is 13.7. The number of nitrogens with zero attached hydrogens (tertiary/aromatic N) is 1. The molecule has 1 rings (SSSR count). The lowest BCUT2D eigenvalue weighted by molar-refractivity contribution is -0.117. The molecule has 0 aliphatic rings. The van der Waals surface area contributed by atoms with E-state index in [1.807, 2.05) is 37.4 Å². The molecule has 0 unspecified atom stereocenters. The van der Waals surface area contributed by atoms with Gasteiger partial charge in [-0.05, 0) is 19.2 Å². The van der Waals surface area contributed by atoms with Gasteiger partial charge in [-0.1, -0.05) is 37.3 Å². The van der Waals surface area contributed by atoms with Gasteiger partial charge < -0.3 is 10.2 Å². The lowest BCUT2D eigenvalue weighted by atomic mass is 10.1. The van der Waals surface area contributed by atoms with Crippen LogP contribution in [-0.4, -0.2) is 37.5 Å². The van der Waals surface area contributed by atoms with E-state index in [0.717, 1.165) is 18.7 Å². The molecule has 0 fully saturated rings. The number of carbonyl (C=O) groups excluding carboxylic acids is 1. The Kier molecular flexibility index (Phi) is 5.57. The summed E-state index contributed by atoms with van der Waals surface area (Å²) < 4.78 is 0. The van der Waals surface area contributed by atoms with Gasteiger partial charge >= 0.3 is 0 Å². The second kappa shape index (κ2) is 7.01. The van der Waals surface area contributed by atoms with Crippen molar-refractivity contribution in [2.75, 3.05) is 26.7 Å². The van der Waals surface area contributed by atoms with Gasteiger partial charge in [-0.25, -0.2) is 0 Å². The Morgan fingerprint density at radius 3 is 2.69 bits per heavy atom. The maximum absolute atomic E-state index is 11.5. The van der Waals surface area contributed by atoms with Gasteiger partial charge in [0.1, 0.15) is 0 Å². The van der Waals surface area contributed by atoms with Crippen LogP contribution >= 0.6 is 0 Å². The van der Waals surface area contributed by atoms with Crippen LogP contribution in [0.1, 0.15) is 12.5 Å². The monoisotopic (exact) mass is 219 g/mol. The molecule has 1 N–H and O–H groups in total. The summed E-state index contributed by atoms with van der Waals surface area (Å²) in [6.07, 6.45) is 1.62. The first-order chi connectivity index (χ1) is 7.72. The van der Waals surface area contributed by atoms with Crippen LogP contribution in [0.25, 0.3) is 0 Å². The normalized spacial score (nSPS) is 10.4. The Morgan fingerprint density at radius 2 is 2.06 bits per heavy atom. The van der Waals surface area contributed by atoms with Gasteiger partial charge in [0.25, 0.3) is 0 Å². The second-order valence-electron chi connectivity index (χ2n) is 3.74. The number of rotatable bonds is 6. The molecule has 0 heterocycles. The van der Waals surface area contributed by atoms with Crippen LogP contribution in [-0.2, 0) is 4.79 Å². The molecular formula is C13H19N2O. The van der Waals surface area contributed by atoms with Crippen molar-refractivity contribution in [2.45, 2.75) is 6.92 Å². The number of likely N-dealkylation sites (N-methyl/N-ethyl adjacent to an activating group) is 1. The van der Waals surface area contributed by atoms with Gasteiger partial charge in [0.15, 0.2) is 0 Å². The van der Waals surface area contributed by atoms with Crippen LogP contribution in [0.3, 0.4) is 0 Å². The van der Waals surface area contributed by atoms with Crippen molar-refractivity contribution in [3.63, 3.8) is 0 Å². The Balaban J connectivity index is 2.21. The zero-order chi connectivity index (χ0) is 11.8. The third-order valence-corrected chi connectivity index (χ3v) is 2.43. The maximum atomic E-state index is 11.5. The van der Waals surface area contributed by atoms with Gasteiger partial charge in [-0.3, -0.25) is 4.79 Å². The van der Waals surface area contributed by atoms with E-state index in [9.17, 15) is 4.79 Å². The molecule has 0 atom stereocenters. The van der Waals surface area contributed by atoms with Crippen molar-refractivity contribution in [1.29, 1.82) is 0 Å². The molecule has 16 heavy (non-hydrogen) atoms. The van der Waals surface area contributed by atoms with E-state index < -0.39 is 0 Å². The predicted molar refractivity (Wildman–Crippen MR) is 66.0 cm³/mol. The molecule has 0 saturated carbocycles. The molecule has 0 bridgehead atoms. The van der Waals surface area contributed by atoms with Crippen molar-refractivity contribution in [2.24, 2.45) is 0 Å². The van der Waals surface area contributed by atoms with Crippen LogP contribution in [0, 0.1) is 6.42 Å². The summed E-state index contributed by atoms with van der Waals surface area (Å²) >= 11 is 0. The van der Waals surface area contributed by atoms with Crippen LogP contribution in [0.5, 0.6) is 0 Å². The minimum Gasteiger partial charge on any atom is -0.354 e. The van der Waals surface area contributed by atoms with Crippen molar-refractivity contribution in [1.82, 2.24) is 10.2 Å². The first kappa shape index (κ1) is 12.7. The Labute approximate surface area is 97.5 Å². The molecule has 1 radical (unpaired) electrons. The van der Waals surface area contributed by atoms with E-state index in [2.05, 4.69) is 17.1 Å². The first-order valence-electron chi connectivity index (χ1n) is 5.58. The Hall–Kier alpha value is -1.35. The van der Waals surface area contributed by atoms with E-state index in [-0.39, 0.29) is 5.91 Å². The average molecular weight is 219 g/mol. The fraction of sp³-hybridized carbons (Fsp3) is 0.385. The molecule has 0 aromatic heterocycles. The van der Waals surface area contributed by atoms with E-state index in [1.54, 1.807) is 6.42 Å². The van der Waals surface area contributed by atoms with Crippen molar-refractivity contribution < 1.29 is 4.79 Å². The van der Waals surface area contributed by atoms with Crippen LogP contribution in [0.2, 0.25) is 0 Å². The fourth-order valence-electron chi connectivity index (χ4n) is 1.28. The van der Waals surface area contributed by atoms with Crippen LogP contribution in [0.4, 0.5) is 0 Å². The number of nitrogens with one attached hydrogen (secondary N) is 1. The second-order valence-corrected chi connectivity index (χ2v) is 3.74. The topological polar surface area (TPSA) is 32.3 Å². The molecule has 87 valence electrons. The summed E-state index contributed by atoms with van der Waals surface area (Å²) in [5.74, 6) is -0.0318. The van der Waals surface area contributed by atoms with Crippen LogP contribution < -0.4 is 5.32 Å². The highest BCUT2D eigenvalue weighted by Gasteiger charge is 2.03. The first-order valence-corrected chi connectivity index (χ1v) is 5.58. The number of benzene rings is 1. The summed E-state index contributed by atoms with van der Waals surface area (Å²) in [5.41, 5.74) is 0.934. The number of carbonyl (C=O) groups is 1. The lowest BCUT2D eigenvalue weighted by Crippen LogP contribution is -2.33. The smallest absolute Gasteiger partial charge is 0.228 e. The van der Waals surface area contributed by atoms with Gasteiger partial charge in [0.2, 0.25) is 5.91 Å². The summed E-state index contributed by atoms with van der Waals surface area (Å²) in [6.45, 7) is 4.66. The Morgan fingerprint density at radius 1 is 1.38 bits per heavy atom. The number of hydrogen-bond acceptors (Lipinski definition) is 2. The number of amides is 1. The highest BCUT2D eigenvalue weighted by molar-refractivity contribution is 5.88. The molecular weight excluding hydrogens is 200 g/mol. The highest BCUT2D eigenvalue weighted by Crippen LogP contribution is 2.00. The lowest BCUT2D eigenvalue weighted by Gasteiger charge is -2.13. The third kappa shape index (κ3) is 4.94. The van der Waals surface area contributed by atoms with Gasteiger partial charge in [-0.15, -0.1) is 0 Å². The zero-order valence-electron chi connectivity index (χ0n) is 9.94. The number of hydrogen-bond donors (Lipinski definition) is 1. The molecule has 3 nitrogen and oxygen atoms in total. The van der Waals surface area contributed by atoms with Gasteiger partial charge in [0, 0.05) is 13.1 Å².